The molecule has 1 aromatic carbocycles. The third-order valence-electron chi connectivity index (χ3n) is 2.37. The third kappa shape index (κ3) is 2.02. The standard InChI is InChI=1S/C12H9BrN4O/c13-8-2-1-3-9(6-8)18-12-11-15-4-5-17(11)7-10(14)16-12/h1-7H,14H2. The molecule has 18 heavy (non-hydrogen) atoms. The van der Waals surface area contributed by atoms with Crippen molar-refractivity contribution in [2.45, 2.75) is 0 Å². The van der Waals surface area contributed by atoms with Gasteiger partial charge in [0.2, 0.25) is 5.65 Å². The van der Waals surface area contributed by atoms with E-state index in [2.05, 4.69) is 25.9 Å². The molecule has 3 rings (SSSR count). The van der Waals surface area contributed by atoms with Gasteiger partial charge in [-0.25, -0.2) is 4.98 Å². The van der Waals surface area contributed by atoms with Gasteiger partial charge in [0, 0.05) is 16.9 Å². The Hall–Kier alpha value is -2.08. The van der Waals surface area contributed by atoms with Gasteiger partial charge in [-0.1, -0.05) is 22.0 Å². The fraction of sp³-hybridized carbons (Fsp3) is 0. The number of rotatable bonds is 2. The largest absolute Gasteiger partial charge is 0.436 e. The van der Waals surface area contributed by atoms with Crippen molar-refractivity contribution < 1.29 is 4.74 Å². The number of hydrogen-bond acceptors (Lipinski definition) is 4. The number of aromatic nitrogens is 3. The molecule has 0 amide bonds. The first-order valence-corrected chi connectivity index (χ1v) is 6.04. The zero-order valence-electron chi connectivity index (χ0n) is 9.25. The topological polar surface area (TPSA) is 65.4 Å². The molecule has 0 radical (unpaired) electrons. The van der Waals surface area contributed by atoms with Crippen LogP contribution in [0.2, 0.25) is 0 Å². The first-order valence-electron chi connectivity index (χ1n) is 5.25. The maximum absolute atomic E-state index is 5.72. The lowest BCUT2D eigenvalue weighted by Crippen LogP contribution is -1.98. The Kier molecular flexibility index (Phi) is 2.64. The van der Waals surface area contributed by atoms with Gasteiger partial charge < -0.3 is 10.5 Å². The van der Waals surface area contributed by atoms with E-state index in [9.17, 15) is 0 Å². The average Bonchev–Trinajstić information content (AvgIpc) is 2.77. The van der Waals surface area contributed by atoms with Gasteiger partial charge in [0.15, 0.2) is 0 Å². The van der Waals surface area contributed by atoms with Crippen LogP contribution in [0.25, 0.3) is 5.65 Å². The Balaban J connectivity index is 2.06. The van der Waals surface area contributed by atoms with E-state index in [0.717, 1.165) is 4.47 Å². The van der Waals surface area contributed by atoms with Crippen molar-refractivity contribution in [1.29, 1.82) is 0 Å². The molecule has 5 nitrogen and oxygen atoms in total. The van der Waals surface area contributed by atoms with E-state index in [-0.39, 0.29) is 0 Å². The van der Waals surface area contributed by atoms with Crippen LogP contribution in [0.5, 0.6) is 11.6 Å². The molecule has 0 saturated carbocycles. The predicted octanol–water partition coefficient (Wildman–Crippen LogP) is 2.87. The minimum absolute atomic E-state index is 0.380. The highest BCUT2D eigenvalue weighted by Crippen LogP contribution is 2.26. The second-order valence-electron chi connectivity index (χ2n) is 3.69. The number of fused-ring (bicyclic) bond motifs is 1. The molecule has 3 aromatic rings. The van der Waals surface area contributed by atoms with Gasteiger partial charge in [-0.3, -0.25) is 4.40 Å². The number of anilines is 1. The lowest BCUT2D eigenvalue weighted by atomic mass is 10.3. The maximum atomic E-state index is 5.72. The molecule has 0 aliphatic rings. The van der Waals surface area contributed by atoms with Crippen LogP contribution < -0.4 is 10.5 Å². The maximum Gasteiger partial charge on any atom is 0.265 e. The molecule has 90 valence electrons. The van der Waals surface area contributed by atoms with E-state index >= 15 is 0 Å². The van der Waals surface area contributed by atoms with E-state index in [1.54, 1.807) is 23.0 Å². The second kappa shape index (κ2) is 4.30. The van der Waals surface area contributed by atoms with Gasteiger partial charge in [0.1, 0.15) is 11.6 Å². The van der Waals surface area contributed by atoms with Crippen molar-refractivity contribution in [3.63, 3.8) is 0 Å². The fourth-order valence-electron chi connectivity index (χ4n) is 1.63. The molecule has 0 unspecified atom stereocenters. The van der Waals surface area contributed by atoms with Crippen molar-refractivity contribution >= 4 is 27.4 Å². The van der Waals surface area contributed by atoms with Crippen molar-refractivity contribution in [3.8, 4) is 11.6 Å². The summed E-state index contributed by atoms with van der Waals surface area (Å²) in [5, 5.41) is 0. The Morgan fingerprint density at radius 3 is 3.06 bits per heavy atom. The summed E-state index contributed by atoms with van der Waals surface area (Å²) >= 11 is 3.39. The second-order valence-corrected chi connectivity index (χ2v) is 4.60. The van der Waals surface area contributed by atoms with E-state index < -0.39 is 0 Å². The minimum Gasteiger partial charge on any atom is -0.436 e. The Labute approximate surface area is 111 Å². The third-order valence-corrected chi connectivity index (χ3v) is 2.87. The molecule has 2 N–H and O–H groups in total. The number of halogens is 1. The van der Waals surface area contributed by atoms with Crippen LogP contribution in [0.15, 0.2) is 47.3 Å². The predicted molar refractivity (Wildman–Crippen MR) is 71.6 cm³/mol. The van der Waals surface area contributed by atoms with Crippen LogP contribution in [-0.4, -0.2) is 14.4 Å². The number of nitrogen functional groups attached to an aromatic ring is 1. The van der Waals surface area contributed by atoms with Gasteiger partial charge >= 0.3 is 0 Å². The van der Waals surface area contributed by atoms with E-state index in [1.807, 2.05) is 24.3 Å². The molecule has 0 aliphatic carbocycles. The van der Waals surface area contributed by atoms with Crippen LogP contribution >= 0.6 is 15.9 Å². The lowest BCUT2D eigenvalue weighted by molar-refractivity contribution is 0.465. The first kappa shape index (κ1) is 11.0. The summed E-state index contributed by atoms with van der Waals surface area (Å²) in [7, 11) is 0. The summed E-state index contributed by atoms with van der Waals surface area (Å²) in [6, 6.07) is 7.50. The van der Waals surface area contributed by atoms with Gasteiger partial charge in [0.25, 0.3) is 5.88 Å². The summed E-state index contributed by atoms with van der Waals surface area (Å²) in [4.78, 5) is 8.34. The fourth-order valence-corrected chi connectivity index (χ4v) is 2.01. The van der Waals surface area contributed by atoms with Crippen molar-refractivity contribution in [1.82, 2.24) is 14.4 Å². The normalized spacial score (nSPS) is 10.7. The summed E-state index contributed by atoms with van der Waals surface area (Å²) in [6.45, 7) is 0. The summed E-state index contributed by atoms with van der Waals surface area (Å²) in [5.41, 5.74) is 6.35. The molecule has 0 spiro atoms. The summed E-state index contributed by atoms with van der Waals surface area (Å²) < 4.78 is 8.41. The van der Waals surface area contributed by atoms with Gasteiger partial charge in [-0.15, -0.1) is 0 Å². The van der Waals surface area contributed by atoms with E-state index in [1.165, 1.54) is 0 Å². The first-order chi connectivity index (χ1) is 8.72. The van der Waals surface area contributed by atoms with Crippen LogP contribution in [-0.2, 0) is 0 Å². The highest BCUT2D eigenvalue weighted by Gasteiger charge is 2.08. The molecule has 2 heterocycles. The SMILES string of the molecule is Nc1cn2ccnc2c(Oc2cccc(Br)c2)n1. The smallest absolute Gasteiger partial charge is 0.265 e. The van der Waals surface area contributed by atoms with Crippen molar-refractivity contribution in [3.05, 3.63) is 47.3 Å². The number of hydrogen-bond donors (Lipinski definition) is 1. The number of nitrogens with zero attached hydrogens (tertiary/aromatic N) is 3. The monoisotopic (exact) mass is 304 g/mol. The zero-order chi connectivity index (χ0) is 12.5. The Morgan fingerprint density at radius 1 is 1.33 bits per heavy atom. The average molecular weight is 305 g/mol. The molecule has 0 bridgehead atoms. The van der Waals surface area contributed by atoms with Crippen LogP contribution in [0.1, 0.15) is 0 Å². The van der Waals surface area contributed by atoms with Crippen LogP contribution in [0.4, 0.5) is 5.82 Å². The highest BCUT2D eigenvalue weighted by atomic mass is 79.9. The van der Waals surface area contributed by atoms with Crippen LogP contribution in [0, 0.1) is 0 Å². The van der Waals surface area contributed by atoms with Gasteiger partial charge in [-0.2, -0.15) is 4.98 Å². The molecular weight excluding hydrogens is 296 g/mol. The van der Waals surface area contributed by atoms with E-state index in [0.29, 0.717) is 23.1 Å². The number of ether oxygens (including phenoxy) is 1. The van der Waals surface area contributed by atoms with Crippen molar-refractivity contribution in [2.24, 2.45) is 0 Å². The number of benzene rings is 1. The number of imidazole rings is 1. The molecule has 0 saturated heterocycles. The summed E-state index contributed by atoms with van der Waals surface area (Å²) in [6.07, 6.45) is 5.15. The number of nitrogens with two attached hydrogens (primary N) is 1. The minimum atomic E-state index is 0.380. The zero-order valence-corrected chi connectivity index (χ0v) is 10.8. The van der Waals surface area contributed by atoms with Crippen LogP contribution in [0.3, 0.4) is 0 Å². The van der Waals surface area contributed by atoms with Crippen molar-refractivity contribution in [2.75, 3.05) is 5.73 Å². The summed E-state index contributed by atoms with van der Waals surface area (Å²) in [5.74, 6) is 1.44. The molecule has 2 aromatic heterocycles. The van der Waals surface area contributed by atoms with Gasteiger partial charge in [-0.05, 0) is 18.2 Å². The quantitative estimate of drug-likeness (QED) is 0.790. The molecule has 0 aliphatic heterocycles. The highest BCUT2D eigenvalue weighted by molar-refractivity contribution is 9.10. The Morgan fingerprint density at radius 2 is 2.22 bits per heavy atom. The molecule has 6 heteroatoms. The lowest BCUT2D eigenvalue weighted by Gasteiger charge is -2.07. The van der Waals surface area contributed by atoms with Gasteiger partial charge in [0.05, 0.1) is 6.20 Å². The molecule has 0 fully saturated rings. The Bertz CT molecular complexity index is 710. The van der Waals surface area contributed by atoms with E-state index in [4.69, 9.17) is 10.5 Å². The molecule has 0 atom stereocenters. The molecular formula is C12H9BrN4O.